The number of carbonyl (C=O) groups is 1. The fourth-order valence-electron chi connectivity index (χ4n) is 4.74. The van der Waals surface area contributed by atoms with Gasteiger partial charge in [-0.15, -0.1) is 0 Å². The summed E-state index contributed by atoms with van der Waals surface area (Å²) >= 11 is 0. The second kappa shape index (κ2) is 9.81. The van der Waals surface area contributed by atoms with Crippen LogP contribution in [-0.4, -0.2) is 78.5 Å². The molecule has 0 radical (unpaired) electrons. The van der Waals surface area contributed by atoms with Gasteiger partial charge in [-0.05, 0) is 29.7 Å². The van der Waals surface area contributed by atoms with Crippen molar-refractivity contribution in [2.24, 2.45) is 5.92 Å². The van der Waals surface area contributed by atoms with Gasteiger partial charge in [-0.3, -0.25) is 14.8 Å². The second-order valence-electron chi connectivity index (χ2n) is 8.69. The van der Waals surface area contributed by atoms with Crippen LogP contribution in [0.25, 0.3) is 10.9 Å². The van der Waals surface area contributed by atoms with Crippen LogP contribution in [0.1, 0.15) is 21.5 Å². The van der Waals surface area contributed by atoms with E-state index < -0.39 is 0 Å². The van der Waals surface area contributed by atoms with Gasteiger partial charge in [-0.1, -0.05) is 30.3 Å². The molecule has 2 aliphatic rings. The van der Waals surface area contributed by atoms with E-state index >= 15 is 0 Å². The first kappa shape index (κ1) is 21.1. The monoisotopic (exact) mass is 434 g/mol. The molecular weight excluding hydrogens is 404 g/mol. The number of aromatic nitrogens is 2. The summed E-state index contributed by atoms with van der Waals surface area (Å²) in [5.74, 6) is 0.347. The molecule has 1 N–H and O–H groups in total. The van der Waals surface area contributed by atoms with Gasteiger partial charge in [0.25, 0.3) is 5.91 Å². The zero-order valence-corrected chi connectivity index (χ0v) is 18.3. The fourth-order valence-corrected chi connectivity index (χ4v) is 4.74. The molecule has 3 heterocycles. The van der Waals surface area contributed by atoms with E-state index in [4.69, 9.17) is 9.47 Å². The number of ether oxygens (including phenoxy) is 2. The number of carbonyl (C=O) groups excluding carboxylic acids is 1. The van der Waals surface area contributed by atoms with E-state index in [1.807, 2.05) is 35.4 Å². The molecule has 5 rings (SSSR count). The third-order valence-electron chi connectivity index (χ3n) is 6.45. The van der Waals surface area contributed by atoms with Crippen molar-refractivity contribution >= 4 is 16.8 Å². The molecule has 3 aromatic rings. The van der Waals surface area contributed by atoms with Crippen LogP contribution in [0.2, 0.25) is 0 Å². The van der Waals surface area contributed by atoms with Gasteiger partial charge in [0.2, 0.25) is 0 Å². The Balaban J connectivity index is 1.32. The van der Waals surface area contributed by atoms with Crippen LogP contribution in [0.3, 0.4) is 0 Å². The average molecular weight is 435 g/mol. The number of fused-ring (bicyclic) bond motifs is 1. The predicted molar refractivity (Wildman–Crippen MR) is 123 cm³/mol. The minimum Gasteiger partial charge on any atom is -0.379 e. The Hall–Kier alpha value is -2.74. The number of aromatic amines is 1. The number of amides is 1. The lowest BCUT2D eigenvalue weighted by atomic mass is 9.96. The number of hydrogen-bond acceptors (Lipinski definition) is 5. The molecule has 7 nitrogen and oxygen atoms in total. The Labute approximate surface area is 188 Å². The molecule has 2 aliphatic heterocycles. The summed E-state index contributed by atoms with van der Waals surface area (Å²) < 4.78 is 11.4. The Morgan fingerprint density at radius 1 is 1.00 bits per heavy atom. The molecule has 0 bridgehead atoms. The quantitative estimate of drug-likeness (QED) is 0.669. The maximum atomic E-state index is 13.6. The normalized spacial score (nSPS) is 20.4. The highest BCUT2D eigenvalue weighted by molar-refractivity contribution is 5.95. The SMILES string of the molecule is O=C(c1ccccc1CN1CCOCC1)N1CCOC[C@H](Cc2cccc3[nH]ncc23)C1. The molecule has 2 fully saturated rings. The van der Waals surface area contributed by atoms with Crippen LogP contribution in [0.15, 0.2) is 48.7 Å². The van der Waals surface area contributed by atoms with Crippen LogP contribution in [-0.2, 0) is 22.4 Å². The number of hydrogen-bond donors (Lipinski definition) is 1. The van der Waals surface area contributed by atoms with Crippen LogP contribution >= 0.6 is 0 Å². The Morgan fingerprint density at radius 2 is 1.81 bits per heavy atom. The Kier molecular flexibility index (Phi) is 6.48. The van der Waals surface area contributed by atoms with E-state index in [0.717, 1.165) is 61.3 Å². The van der Waals surface area contributed by atoms with E-state index in [0.29, 0.717) is 26.3 Å². The zero-order chi connectivity index (χ0) is 21.8. The maximum Gasteiger partial charge on any atom is 0.254 e. The van der Waals surface area contributed by atoms with E-state index in [1.54, 1.807) is 0 Å². The summed E-state index contributed by atoms with van der Waals surface area (Å²) in [7, 11) is 0. The third kappa shape index (κ3) is 4.70. The van der Waals surface area contributed by atoms with Crippen LogP contribution in [0.5, 0.6) is 0 Å². The van der Waals surface area contributed by atoms with Crippen molar-refractivity contribution in [3.05, 3.63) is 65.4 Å². The van der Waals surface area contributed by atoms with Gasteiger partial charge in [0.1, 0.15) is 0 Å². The summed E-state index contributed by atoms with van der Waals surface area (Å²) in [6.07, 6.45) is 2.74. The van der Waals surface area contributed by atoms with E-state index in [-0.39, 0.29) is 11.8 Å². The van der Waals surface area contributed by atoms with Crippen molar-refractivity contribution in [3.63, 3.8) is 0 Å². The summed E-state index contributed by atoms with van der Waals surface area (Å²) in [5.41, 5.74) is 4.18. The number of nitrogens with zero attached hydrogens (tertiary/aromatic N) is 3. The highest BCUT2D eigenvalue weighted by Gasteiger charge is 2.26. The number of H-pyrrole nitrogens is 1. The number of morpholine rings is 1. The lowest BCUT2D eigenvalue weighted by molar-refractivity contribution is 0.0339. The second-order valence-corrected chi connectivity index (χ2v) is 8.69. The Bertz CT molecular complexity index is 1060. The third-order valence-corrected chi connectivity index (χ3v) is 6.45. The summed E-state index contributed by atoms with van der Waals surface area (Å²) in [4.78, 5) is 17.9. The maximum absolute atomic E-state index is 13.6. The molecule has 0 saturated carbocycles. The van der Waals surface area contributed by atoms with Crippen molar-refractivity contribution < 1.29 is 14.3 Å². The van der Waals surface area contributed by atoms with Gasteiger partial charge in [-0.2, -0.15) is 5.10 Å². The van der Waals surface area contributed by atoms with Gasteiger partial charge in [0, 0.05) is 49.6 Å². The van der Waals surface area contributed by atoms with Gasteiger partial charge in [0.05, 0.1) is 38.1 Å². The lowest BCUT2D eigenvalue weighted by Gasteiger charge is -2.28. The molecular formula is C25H30N4O3. The van der Waals surface area contributed by atoms with Gasteiger partial charge < -0.3 is 14.4 Å². The molecule has 1 atom stereocenters. The van der Waals surface area contributed by atoms with Crippen molar-refractivity contribution in [3.8, 4) is 0 Å². The minimum absolute atomic E-state index is 0.103. The molecule has 2 aromatic carbocycles. The van der Waals surface area contributed by atoms with Crippen molar-refractivity contribution in [2.75, 3.05) is 52.6 Å². The van der Waals surface area contributed by atoms with Gasteiger partial charge >= 0.3 is 0 Å². The molecule has 1 amide bonds. The smallest absolute Gasteiger partial charge is 0.254 e. The molecule has 0 unspecified atom stereocenters. The molecule has 0 spiro atoms. The standard InChI is InChI=1S/C25H30N4O3/c30-25(22-6-2-1-4-21(22)17-28-8-11-31-12-9-28)29-10-13-32-18-19(16-29)14-20-5-3-7-24-23(20)15-26-27-24/h1-7,15,19H,8-14,16-18H2,(H,26,27)/t19-/m1/s1. The van der Waals surface area contributed by atoms with Crippen molar-refractivity contribution in [1.82, 2.24) is 20.0 Å². The molecule has 2 saturated heterocycles. The van der Waals surface area contributed by atoms with Gasteiger partial charge in [0.15, 0.2) is 0 Å². The highest BCUT2D eigenvalue weighted by atomic mass is 16.5. The first-order chi connectivity index (χ1) is 15.8. The zero-order valence-electron chi connectivity index (χ0n) is 18.3. The first-order valence-corrected chi connectivity index (χ1v) is 11.4. The molecule has 168 valence electrons. The number of nitrogens with one attached hydrogen (secondary N) is 1. The van der Waals surface area contributed by atoms with Crippen molar-refractivity contribution in [2.45, 2.75) is 13.0 Å². The first-order valence-electron chi connectivity index (χ1n) is 11.4. The lowest BCUT2D eigenvalue weighted by Crippen LogP contribution is -2.38. The predicted octanol–water partition coefficient (Wildman–Crippen LogP) is 2.73. The summed E-state index contributed by atoms with van der Waals surface area (Å²) in [6.45, 7) is 6.65. The van der Waals surface area contributed by atoms with Crippen LogP contribution < -0.4 is 0 Å². The molecule has 0 aliphatic carbocycles. The molecule has 7 heteroatoms. The minimum atomic E-state index is 0.103. The van der Waals surface area contributed by atoms with Crippen molar-refractivity contribution in [1.29, 1.82) is 0 Å². The van der Waals surface area contributed by atoms with Crippen LogP contribution in [0, 0.1) is 5.92 Å². The van der Waals surface area contributed by atoms with Gasteiger partial charge in [-0.25, -0.2) is 0 Å². The molecule has 1 aromatic heterocycles. The topological polar surface area (TPSA) is 70.7 Å². The average Bonchev–Trinajstić information content (AvgIpc) is 3.20. The van der Waals surface area contributed by atoms with E-state index in [1.165, 1.54) is 5.56 Å². The number of benzene rings is 2. The number of rotatable bonds is 5. The fraction of sp³-hybridized carbons (Fsp3) is 0.440. The largest absolute Gasteiger partial charge is 0.379 e. The van der Waals surface area contributed by atoms with E-state index in [2.05, 4.69) is 33.3 Å². The summed E-state index contributed by atoms with van der Waals surface area (Å²) in [6, 6.07) is 14.3. The van der Waals surface area contributed by atoms with E-state index in [9.17, 15) is 4.79 Å². The van der Waals surface area contributed by atoms with Crippen LogP contribution in [0.4, 0.5) is 0 Å². The molecule has 32 heavy (non-hydrogen) atoms. The Morgan fingerprint density at radius 3 is 2.72 bits per heavy atom. The summed E-state index contributed by atoms with van der Waals surface area (Å²) in [5, 5.41) is 8.37. The highest BCUT2D eigenvalue weighted by Crippen LogP contribution is 2.23.